The number of aliphatic hydroxyl groups excluding tert-OH is 1. The van der Waals surface area contributed by atoms with Crippen LogP contribution in [0.5, 0.6) is 5.88 Å². The molecule has 124 valence electrons. The van der Waals surface area contributed by atoms with Crippen LogP contribution in [0.3, 0.4) is 0 Å². The van der Waals surface area contributed by atoms with Crippen LogP contribution >= 0.6 is 0 Å². The average Bonchev–Trinajstić information content (AvgIpc) is 3.01. The van der Waals surface area contributed by atoms with Crippen LogP contribution in [0.2, 0.25) is 0 Å². The lowest BCUT2D eigenvalue weighted by molar-refractivity contribution is -0.0130. The van der Waals surface area contributed by atoms with Crippen molar-refractivity contribution in [1.82, 2.24) is 15.1 Å². The Morgan fingerprint density at radius 2 is 2.08 bits per heavy atom. The number of aromatic amines is 1. The number of fused-ring (bicyclic) bond motifs is 2. The van der Waals surface area contributed by atoms with Crippen molar-refractivity contribution < 1.29 is 9.84 Å². The first-order valence-corrected chi connectivity index (χ1v) is 7.97. The van der Waals surface area contributed by atoms with Crippen LogP contribution in [0.15, 0.2) is 42.5 Å². The molecule has 0 saturated carbocycles. The quantitative estimate of drug-likeness (QED) is 0.691. The summed E-state index contributed by atoms with van der Waals surface area (Å²) in [4.78, 5) is 2.02. The minimum atomic E-state index is -0.741. The van der Waals surface area contributed by atoms with Crippen LogP contribution in [0.4, 0.5) is 5.69 Å². The molecule has 1 aliphatic heterocycles. The van der Waals surface area contributed by atoms with Crippen LogP contribution in [0.25, 0.3) is 10.9 Å². The SMILES string of the molecule is COc1n[nH]c2cc3c(cc12)CN(C(C)c1ccccc1)C(O)N3. The van der Waals surface area contributed by atoms with E-state index in [2.05, 4.69) is 40.6 Å². The summed E-state index contributed by atoms with van der Waals surface area (Å²) in [5, 5.41) is 21.8. The molecule has 1 aliphatic rings. The summed E-state index contributed by atoms with van der Waals surface area (Å²) >= 11 is 0. The van der Waals surface area contributed by atoms with Gasteiger partial charge < -0.3 is 15.2 Å². The van der Waals surface area contributed by atoms with E-state index in [1.807, 2.05) is 29.2 Å². The highest BCUT2D eigenvalue weighted by Gasteiger charge is 2.29. The van der Waals surface area contributed by atoms with Crippen molar-refractivity contribution in [3.63, 3.8) is 0 Å². The van der Waals surface area contributed by atoms with E-state index >= 15 is 0 Å². The number of hydrogen-bond acceptors (Lipinski definition) is 5. The van der Waals surface area contributed by atoms with Gasteiger partial charge in [-0.25, -0.2) is 4.90 Å². The fourth-order valence-corrected chi connectivity index (χ4v) is 3.28. The molecule has 4 rings (SSSR count). The number of aliphatic hydroxyl groups is 1. The van der Waals surface area contributed by atoms with Crippen LogP contribution in [-0.2, 0) is 6.54 Å². The lowest BCUT2D eigenvalue weighted by Gasteiger charge is -2.38. The lowest BCUT2D eigenvalue weighted by Crippen LogP contribution is -2.45. The van der Waals surface area contributed by atoms with E-state index in [1.165, 1.54) is 5.56 Å². The van der Waals surface area contributed by atoms with Gasteiger partial charge in [-0.15, -0.1) is 5.10 Å². The zero-order valence-electron chi connectivity index (χ0n) is 13.7. The number of aromatic nitrogens is 2. The second kappa shape index (κ2) is 5.81. The molecular formula is C18H20N4O2. The predicted octanol–water partition coefficient (Wildman–Crippen LogP) is 2.84. The molecule has 3 aromatic rings. The normalized spacial score (nSPS) is 18.9. The standard InChI is InChI=1S/C18H20N4O2/c1-11(12-6-4-3-5-7-12)22-10-13-8-14-16(20-21-17(14)24-2)9-15(13)19-18(22)23/h3-9,11,18-19,23H,10H2,1-2H3,(H,20,21). The Morgan fingerprint density at radius 3 is 2.83 bits per heavy atom. The fraction of sp³-hybridized carbons (Fsp3) is 0.278. The third-order valence-electron chi connectivity index (χ3n) is 4.68. The Morgan fingerprint density at radius 1 is 1.29 bits per heavy atom. The molecule has 2 aromatic carbocycles. The summed E-state index contributed by atoms with van der Waals surface area (Å²) in [6.45, 7) is 2.74. The molecule has 2 heterocycles. The maximum atomic E-state index is 10.5. The van der Waals surface area contributed by atoms with Crippen molar-refractivity contribution in [3.05, 3.63) is 53.6 Å². The molecule has 0 amide bonds. The Labute approximate surface area is 140 Å². The predicted molar refractivity (Wildman–Crippen MR) is 92.7 cm³/mol. The molecule has 2 atom stereocenters. The first-order valence-electron chi connectivity index (χ1n) is 7.97. The van der Waals surface area contributed by atoms with E-state index in [0.717, 1.165) is 22.2 Å². The Hall–Kier alpha value is -2.57. The molecule has 24 heavy (non-hydrogen) atoms. The number of rotatable bonds is 3. The smallest absolute Gasteiger partial charge is 0.240 e. The van der Waals surface area contributed by atoms with Crippen molar-refractivity contribution in [2.75, 3.05) is 12.4 Å². The van der Waals surface area contributed by atoms with Crippen LogP contribution in [0.1, 0.15) is 24.1 Å². The van der Waals surface area contributed by atoms with Crippen LogP contribution < -0.4 is 10.1 Å². The van der Waals surface area contributed by atoms with Gasteiger partial charge >= 0.3 is 0 Å². The van der Waals surface area contributed by atoms with Crippen LogP contribution in [-0.4, -0.2) is 33.7 Å². The largest absolute Gasteiger partial charge is 0.480 e. The van der Waals surface area contributed by atoms with Crippen molar-refractivity contribution in [2.45, 2.75) is 25.9 Å². The third-order valence-corrected chi connectivity index (χ3v) is 4.68. The first kappa shape index (κ1) is 15.0. The van der Waals surface area contributed by atoms with Gasteiger partial charge in [-0.05, 0) is 30.2 Å². The van der Waals surface area contributed by atoms with Crippen LogP contribution in [0, 0.1) is 0 Å². The summed E-state index contributed by atoms with van der Waals surface area (Å²) in [6, 6.07) is 14.3. The number of anilines is 1. The lowest BCUT2D eigenvalue weighted by atomic mass is 10.0. The van der Waals surface area contributed by atoms with Gasteiger partial charge in [0.05, 0.1) is 18.0 Å². The van der Waals surface area contributed by atoms with Crippen molar-refractivity contribution >= 4 is 16.6 Å². The number of ether oxygens (including phenoxy) is 1. The molecule has 6 nitrogen and oxygen atoms in total. The number of methoxy groups -OCH3 is 1. The Bertz CT molecular complexity index is 862. The van der Waals surface area contributed by atoms with E-state index in [9.17, 15) is 5.11 Å². The summed E-state index contributed by atoms with van der Waals surface area (Å²) < 4.78 is 5.30. The second-order valence-corrected chi connectivity index (χ2v) is 6.06. The van der Waals surface area contributed by atoms with Gasteiger partial charge in [0.15, 0.2) is 6.35 Å². The van der Waals surface area contributed by atoms with Gasteiger partial charge in [-0.3, -0.25) is 5.10 Å². The van der Waals surface area contributed by atoms with Gasteiger partial charge in [0.25, 0.3) is 0 Å². The average molecular weight is 324 g/mol. The van der Waals surface area contributed by atoms with E-state index in [0.29, 0.717) is 12.4 Å². The van der Waals surface area contributed by atoms with E-state index in [4.69, 9.17) is 4.74 Å². The molecule has 0 saturated heterocycles. The zero-order chi connectivity index (χ0) is 16.7. The van der Waals surface area contributed by atoms with Gasteiger partial charge in [0, 0.05) is 18.3 Å². The highest BCUT2D eigenvalue weighted by atomic mass is 16.5. The van der Waals surface area contributed by atoms with E-state index in [-0.39, 0.29) is 6.04 Å². The number of hydrogen-bond donors (Lipinski definition) is 3. The zero-order valence-corrected chi connectivity index (χ0v) is 13.7. The number of nitrogens with zero attached hydrogens (tertiary/aromatic N) is 2. The maximum absolute atomic E-state index is 10.5. The third kappa shape index (κ3) is 2.40. The number of nitrogens with one attached hydrogen (secondary N) is 2. The Balaban J connectivity index is 1.70. The first-order chi connectivity index (χ1) is 11.7. The summed E-state index contributed by atoms with van der Waals surface area (Å²) in [5.41, 5.74) is 4.08. The molecule has 0 spiro atoms. The van der Waals surface area contributed by atoms with Gasteiger partial charge in [0.1, 0.15) is 0 Å². The molecule has 6 heteroatoms. The second-order valence-electron chi connectivity index (χ2n) is 6.06. The molecule has 2 unspecified atom stereocenters. The Kier molecular flexibility index (Phi) is 3.63. The summed E-state index contributed by atoms with van der Waals surface area (Å²) in [6.07, 6.45) is -0.741. The highest BCUT2D eigenvalue weighted by molar-refractivity contribution is 5.88. The topological polar surface area (TPSA) is 73.4 Å². The van der Waals surface area contributed by atoms with Crippen molar-refractivity contribution in [1.29, 1.82) is 0 Å². The molecule has 0 bridgehead atoms. The number of H-pyrrole nitrogens is 1. The highest BCUT2D eigenvalue weighted by Crippen LogP contribution is 2.35. The van der Waals surface area contributed by atoms with E-state index < -0.39 is 6.35 Å². The minimum Gasteiger partial charge on any atom is -0.480 e. The van der Waals surface area contributed by atoms with E-state index in [1.54, 1.807) is 7.11 Å². The van der Waals surface area contributed by atoms with Gasteiger partial charge in [-0.2, -0.15) is 0 Å². The molecule has 0 aliphatic carbocycles. The maximum Gasteiger partial charge on any atom is 0.240 e. The minimum absolute atomic E-state index is 0.0868. The molecule has 0 radical (unpaired) electrons. The van der Waals surface area contributed by atoms with Gasteiger partial charge in [-0.1, -0.05) is 30.3 Å². The molecule has 0 fully saturated rings. The number of benzene rings is 2. The monoisotopic (exact) mass is 324 g/mol. The summed E-state index contributed by atoms with van der Waals surface area (Å²) in [7, 11) is 1.61. The summed E-state index contributed by atoms with van der Waals surface area (Å²) in [5.74, 6) is 0.585. The van der Waals surface area contributed by atoms with Gasteiger partial charge in [0.2, 0.25) is 5.88 Å². The molecule has 1 aromatic heterocycles. The fourth-order valence-electron chi connectivity index (χ4n) is 3.28. The van der Waals surface area contributed by atoms with Crippen molar-refractivity contribution in [3.8, 4) is 5.88 Å². The van der Waals surface area contributed by atoms with Crippen molar-refractivity contribution in [2.24, 2.45) is 0 Å². The molecular weight excluding hydrogens is 304 g/mol. The molecule has 3 N–H and O–H groups in total.